The normalized spacial score (nSPS) is 13.9. The van der Waals surface area contributed by atoms with E-state index in [9.17, 15) is 0 Å². The molecule has 0 aliphatic heterocycles. The largest absolute Gasteiger partial charge is 0.330 e. The second-order valence-electron chi connectivity index (χ2n) is 4.82. The van der Waals surface area contributed by atoms with Crippen molar-refractivity contribution in [1.29, 1.82) is 0 Å². The summed E-state index contributed by atoms with van der Waals surface area (Å²) in [5.74, 6) is 0. The zero-order valence-electron chi connectivity index (χ0n) is 11.4. The maximum atomic E-state index is 5.90. The van der Waals surface area contributed by atoms with Gasteiger partial charge in [0.05, 0.1) is 6.04 Å². The van der Waals surface area contributed by atoms with Crippen molar-refractivity contribution in [3.05, 3.63) is 16.1 Å². The van der Waals surface area contributed by atoms with Gasteiger partial charge in [0.25, 0.3) is 0 Å². The molecule has 0 saturated carbocycles. The molecule has 3 nitrogen and oxygen atoms in total. The van der Waals surface area contributed by atoms with E-state index in [-0.39, 0.29) is 5.41 Å². The first-order valence-corrected chi connectivity index (χ1v) is 7.24. The number of rotatable bonds is 7. The molecule has 1 aromatic heterocycles. The number of nitrogens with one attached hydrogen (secondary N) is 1. The van der Waals surface area contributed by atoms with Gasteiger partial charge in [0.15, 0.2) is 0 Å². The molecule has 0 radical (unpaired) electrons. The maximum absolute atomic E-state index is 5.90. The second-order valence-corrected chi connectivity index (χ2v) is 6.09. The highest BCUT2D eigenvalue weighted by atomic mass is 32.1. The summed E-state index contributed by atoms with van der Waals surface area (Å²) in [5, 5.41) is 4.74. The van der Waals surface area contributed by atoms with Crippen molar-refractivity contribution >= 4 is 11.3 Å². The number of nitrogens with two attached hydrogens (primary N) is 1. The van der Waals surface area contributed by atoms with Crippen LogP contribution in [0.15, 0.2) is 6.20 Å². The molecule has 1 heterocycles. The summed E-state index contributed by atoms with van der Waals surface area (Å²) in [7, 11) is 0. The molecule has 0 aliphatic carbocycles. The van der Waals surface area contributed by atoms with Crippen LogP contribution in [0.25, 0.3) is 0 Å². The van der Waals surface area contributed by atoms with Gasteiger partial charge >= 0.3 is 0 Å². The minimum atomic E-state index is 0.237. The fourth-order valence-electron chi connectivity index (χ4n) is 1.89. The standard InChI is InChI=1S/C13H25N3S/c1-5-13(6-2,8-14)9-16-11(4)12-15-7-10(3)17-12/h7,11,16H,5-6,8-9,14H2,1-4H3. The van der Waals surface area contributed by atoms with Gasteiger partial charge in [-0.1, -0.05) is 13.8 Å². The molecule has 0 saturated heterocycles. The lowest BCUT2D eigenvalue weighted by Crippen LogP contribution is -2.40. The Morgan fingerprint density at radius 2 is 2.12 bits per heavy atom. The predicted molar refractivity (Wildman–Crippen MR) is 75.3 cm³/mol. The molecule has 0 spiro atoms. The van der Waals surface area contributed by atoms with Crippen LogP contribution in [0.4, 0.5) is 0 Å². The molecule has 0 aromatic carbocycles. The van der Waals surface area contributed by atoms with Gasteiger partial charge in [0.1, 0.15) is 5.01 Å². The number of hydrogen-bond donors (Lipinski definition) is 2. The fourth-order valence-corrected chi connectivity index (χ4v) is 2.69. The lowest BCUT2D eigenvalue weighted by atomic mass is 9.82. The molecule has 1 unspecified atom stereocenters. The Labute approximate surface area is 109 Å². The molecule has 1 rings (SSSR count). The topological polar surface area (TPSA) is 50.9 Å². The third kappa shape index (κ3) is 3.76. The lowest BCUT2D eigenvalue weighted by molar-refractivity contribution is 0.250. The Morgan fingerprint density at radius 1 is 1.47 bits per heavy atom. The summed E-state index contributed by atoms with van der Waals surface area (Å²) in [5.41, 5.74) is 6.14. The average Bonchev–Trinajstić information content (AvgIpc) is 2.78. The summed E-state index contributed by atoms with van der Waals surface area (Å²) < 4.78 is 0. The van der Waals surface area contributed by atoms with E-state index in [0.29, 0.717) is 6.04 Å². The molecule has 1 aromatic rings. The molecule has 0 amide bonds. The van der Waals surface area contributed by atoms with Crippen molar-refractivity contribution in [2.75, 3.05) is 13.1 Å². The van der Waals surface area contributed by atoms with Crippen LogP contribution in [0.2, 0.25) is 0 Å². The first-order chi connectivity index (χ1) is 8.06. The molecule has 17 heavy (non-hydrogen) atoms. The van der Waals surface area contributed by atoms with Gasteiger partial charge in [0, 0.05) is 17.6 Å². The Kier molecular flexibility index (Phi) is 5.56. The maximum Gasteiger partial charge on any atom is 0.109 e. The third-order valence-corrected chi connectivity index (χ3v) is 4.82. The van der Waals surface area contributed by atoms with Crippen LogP contribution in [0.3, 0.4) is 0 Å². The molecular weight excluding hydrogens is 230 g/mol. The molecular formula is C13H25N3S. The highest BCUT2D eigenvalue weighted by molar-refractivity contribution is 7.11. The molecule has 98 valence electrons. The summed E-state index contributed by atoms with van der Waals surface area (Å²) >= 11 is 1.76. The zero-order valence-corrected chi connectivity index (χ0v) is 12.2. The smallest absolute Gasteiger partial charge is 0.109 e. The summed E-state index contributed by atoms with van der Waals surface area (Å²) in [6.45, 7) is 10.4. The third-order valence-electron chi connectivity index (χ3n) is 3.73. The first-order valence-electron chi connectivity index (χ1n) is 6.42. The molecule has 4 heteroatoms. The Balaban J connectivity index is 2.55. The Hall–Kier alpha value is -0.450. The van der Waals surface area contributed by atoms with Crippen molar-refractivity contribution in [3.8, 4) is 0 Å². The second kappa shape index (κ2) is 6.47. The summed E-state index contributed by atoms with van der Waals surface area (Å²) in [6.07, 6.45) is 4.18. The van der Waals surface area contributed by atoms with Crippen LogP contribution < -0.4 is 11.1 Å². The molecule has 0 bridgehead atoms. The highest BCUT2D eigenvalue weighted by Gasteiger charge is 2.25. The zero-order chi connectivity index (χ0) is 12.9. The Bertz CT molecular complexity index is 323. The predicted octanol–water partition coefficient (Wildman–Crippen LogP) is 2.87. The number of aromatic nitrogens is 1. The Morgan fingerprint density at radius 3 is 2.53 bits per heavy atom. The van der Waals surface area contributed by atoms with Crippen LogP contribution in [0.1, 0.15) is 49.5 Å². The summed E-state index contributed by atoms with van der Waals surface area (Å²) in [4.78, 5) is 5.69. The van der Waals surface area contributed by atoms with Crippen LogP contribution in [0.5, 0.6) is 0 Å². The fraction of sp³-hybridized carbons (Fsp3) is 0.769. The van der Waals surface area contributed by atoms with E-state index >= 15 is 0 Å². The first kappa shape index (κ1) is 14.6. The van der Waals surface area contributed by atoms with Gasteiger partial charge in [-0.2, -0.15) is 0 Å². The molecule has 0 fully saturated rings. The minimum absolute atomic E-state index is 0.237. The van der Waals surface area contributed by atoms with Crippen molar-refractivity contribution in [3.63, 3.8) is 0 Å². The number of aryl methyl sites for hydroxylation is 1. The quantitative estimate of drug-likeness (QED) is 0.787. The highest BCUT2D eigenvalue weighted by Crippen LogP contribution is 2.26. The lowest BCUT2D eigenvalue weighted by Gasteiger charge is -2.31. The van der Waals surface area contributed by atoms with Gasteiger partial charge < -0.3 is 11.1 Å². The minimum Gasteiger partial charge on any atom is -0.330 e. The van der Waals surface area contributed by atoms with Crippen LogP contribution >= 0.6 is 11.3 Å². The van der Waals surface area contributed by atoms with E-state index < -0.39 is 0 Å². The van der Waals surface area contributed by atoms with Gasteiger partial charge in [-0.15, -0.1) is 11.3 Å². The monoisotopic (exact) mass is 255 g/mol. The van der Waals surface area contributed by atoms with Gasteiger partial charge in [0.2, 0.25) is 0 Å². The van der Waals surface area contributed by atoms with Crippen molar-refractivity contribution < 1.29 is 0 Å². The molecule has 1 atom stereocenters. The van der Waals surface area contributed by atoms with Crippen LogP contribution in [0, 0.1) is 12.3 Å². The van der Waals surface area contributed by atoms with Gasteiger partial charge in [-0.25, -0.2) is 4.98 Å². The van der Waals surface area contributed by atoms with Crippen molar-refractivity contribution in [1.82, 2.24) is 10.3 Å². The van der Waals surface area contributed by atoms with Crippen molar-refractivity contribution in [2.24, 2.45) is 11.1 Å². The number of thiazole rings is 1. The molecule has 0 aliphatic rings. The summed E-state index contributed by atoms with van der Waals surface area (Å²) in [6, 6.07) is 0.317. The van der Waals surface area contributed by atoms with Crippen molar-refractivity contribution in [2.45, 2.75) is 46.6 Å². The van der Waals surface area contributed by atoms with E-state index in [2.05, 4.69) is 38.0 Å². The molecule has 3 N–H and O–H groups in total. The van der Waals surface area contributed by atoms with E-state index in [1.807, 2.05) is 6.20 Å². The van der Waals surface area contributed by atoms with E-state index in [4.69, 9.17) is 5.73 Å². The average molecular weight is 255 g/mol. The van der Waals surface area contributed by atoms with Gasteiger partial charge in [-0.05, 0) is 38.6 Å². The van der Waals surface area contributed by atoms with Crippen LogP contribution in [-0.4, -0.2) is 18.1 Å². The van der Waals surface area contributed by atoms with E-state index in [0.717, 1.165) is 25.9 Å². The van der Waals surface area contributed by atoms with E-state index in [1.54, 1.807) is 11.3 Å². The number of nitrogens with zero attached hydrogens (tertiary/aromatic N) is 1. The van der Waals surface area contributed by atoms with Gasteiger partial charge in [-0.3, -0.25) is 0 Å². The van der Waals surface area contributed by atoms with Crippen LogP contribution in [-0.2, 0) is 0 Å². The van der Waals surface area contributed by atoms with E-state index in [1.165, 1.54) is 9.88 Å². The number of hydrogen-bond acceptors (Lipinski definition) is 4. The SMILES string of the molecule is CCC(CC)(CN)CNC(C)c1ncc(C)s1.